The molecule has 1 aliphatic carbocycles. The molecular formula is C28H34ClF3N4OS. The molecule has 5 nitrogen and oxygen atoms in total. The molecule has 2 heterocycles. The number of Topliss-reactive ketones (excluding diaryl/α,β-unsaturated/α-hetero) is 1. The third-order valence-corrected chi connectivity index (χ3v) is 8.49. The molecule has 4 atom stereocenters. The van der Waals surface area contributed by atoms with E-state index in [-0.39, 0.29) is 28.5 Å². The zero-order valence-corrected chi connectivity index (χ0v) is 23.5. The first kappa shape index (κ1) is 28.9. The van der Waals surface area contributed by atoms with E-state index in [0.29, 0.717) is 31.1 Å². The highest BCUT2D eigenvalue weighted by molar-refractivity contribution is 7.80. The molecule has 0 radical (unpaired) electrons. The Hall–Kier alpha value is -2.10. The van der Waals surface area contributed by atoms with Gasteiger partial charge in [-0.1, -0.05) is 30.4 Å². The number of thiocarbonyl (C=S) groups is 1. The molecule has 1 saturated heterocycles. The van der Waals surface area contributed by atoms with Gasteiger partial charge in [-0.2, -0.15) is 0 Å². The first-order valence-corrected chi connectivity index (χ1v) is 13.9. The van der Waals surface area contributed by atoms with Gasteiger partial charge in [-0.15, -0.1) is 0 Å². The van der Waals surface area contributed by atoms with Crippen molar-refractivity contribution in [2.75, 3.05) is 18.9 Å². The quantitative estimate of drug-likeness (QED) is 0.276. The molecule has 2 unspecified atom stereocenters. The number of nitrogens with one attached hydrogen (secondary N) is 1. The van der Waals surface area contributed by atoms with Gasteiger partial charge in [0.25, 0.3) is 6.43 Å². The van der Waals surface area contributed by atoms with Crippen LogP contribution in [0.3, 0.4) is 0 Å². The Morgan fingerprint density at radius 1 is 1.26 bits per heavy atom. The summed E-state index contributed by atoms with van der Waals surface area (Å²) in [6.07, 6.45) is 2.15. The van der Waals surface area contributed by atoms with E-state index in [0.717, 1.165) is 54.4 Å². The third kappa shape index (κ3) is 6.72. The average Bonchev–Trinajstić information content (AvgIpc) is 3.27. The van der Waals surface area contributed by atoms with Crippen molar-refractivity contribution in [1.29, 1.82) is 0 Å². The van der Waals surface area contributed by atoms with Crippen LogP contribution < -0.4 is 5.32 Å². The van der Waals surface area contributed by atoms with E-state index < -0.39 is 23.8 Å². The molecular weight excluding hydrogens is 533 g/mol. The topological polar surface area (TPSA) is 58.1 Å². The molecule has 1 fully saturated rings. The second-order valence-electron chi connectivity index (χ2n) is 10.7. The van der Waals surface area contributed by atoms with E-state index in [9.17, 15) is 18.0 Å². The first-order chi connectivity index (χ1) is 18.0. The van der Waals surface area contributed by atoms with Crippen molar-refractivity contribution in [2.45, 2.75) is 77.3 Å². The lowest BCUT2D eigenvalue weighted by Gasteiger charge is -2.31. The van der Waals surface area contributed by atoms with Crippen LogP contribution in [0.1, 0.15) is 80.8 Å². The minimum atomic E-state index is -2.90. The molecule has 4 rings (SSSR count). The number of carbonyl (C=O) groups excluding carboxylic acids is 1. The van der Waals surface area contributed by atoms with Crippen LogP contribution in [0.5, 0.6) is 0 Å². The lowest BCUT2D eigenvalue weighted by Crippen LogP contribution is -2.38. The average molecular weight is 567 g/mol. The Balaban J connectivity index is 1.41. The smallest absolute Gasteiger partial charge is 0.266 e. The van der Waals surface area contributed by atoms with Gasteiger partial charge in [0, 0.05) is 40.9 Å². The number of fused-ring (bicyclic) bond motifs is 1. The van der Waals surface area contributed by atoms with Crippen molar-refractivity contribution >= 4 is 40.3 Å². The Morgan fingerprint density at radius 3 is 2.74 bits per heavy atom. The minimum Gasteiger partial charge on any atom is -0.363 e. The number of nitrogens with zero attached hydrogens (tertiary/aromatic N) is 3. The molecule has 38 heavy (non-hydrogen) atoms. The monoisotopic (exact) mass is 566 g/mol. The Bertz CT molecular complexity index is 1200. The second kappa shape index (κ2) is 12.4. The Morgan fingerprint density at radius 2 is 2.00 bits per heavy atom. The Labute approximate surface area is 232 Å². The maximum Gasteiger partial charge on any atom is 0.266 e. The zero-order valence-electron chi connectivity index (χ0n) is 21.9. The number of hydrogen-bond donors (Lipinski definition) is 1. The lowest BCUT2D eigenvalue weighted by atomic mass is 9.85. The maximum absolute atomic E-state index is 14.7. The highest BCUT2D eigenvalue weighted by atomic mass is 35.5. The van der Waals surface area contributed by atoms with Crippen molar-refractivity contribution in [3.05, 3.63) is 51.7 Å². The Kier molecular flexibility index (Phi) is 9.42. The van der Waals surface area contributed by atoms with Crippen LogP contribution in [0.25, 0.3) is 0 Å². The summed E-state index contributed by atoms with van der Waals surface area (Å²) in [7, 11) is 2.06. The number of hydrogen-bond acceptors (Lipinski definition) is 6. The van der Waals surface area contributed by atoms with Crippen molar-refractivity contribution in [2.24, 2.45) is 11.8 Å². The van der Waals surface area contributed by atoms with Crippen LogP contribution in [0.2, 0.25) is 5.28 Å². The van der Waals surface area contributed by atoms with E-state index >= 15 is 0 Å². The highest BCUT2D eigenvalue weighted by Crippen LogP contribution is 2.36. The number of anilines is 1. The molecule has 0 spiro atoms. The molecule has 0 saturated carbocycles. The third-order valence-electron chi connectivity index (χ3n) is 7.98. The van der Waals surface area contributed by atoms with E-state index in [1.807, 2.05) is 0 Å². The van der Waals surface area contributed by atoms with Crippen molar-refractivity contribution in [3.8, 4) is 0 Å². The summed E-state index contributed by atoms with van der Waals surface area (Å²) in [4.78, 5) is 25.1. The molecule has 2 aromatic rings. The van der Waals surface area contributed by atoms with E-state index in [1.54, 1.807) is 6.92 Å². The molecule has 0 bridgehead atoms. The van der Waals surface area contributed by atoms with Crippen LogP contribution >= 0.6 is 23.8 Å². The standard InChI is InChI=1S/C28H34ClF3N4OS/c1-15-11-18(8-9-19(38)14-36(15)3)24(37)10-7-17-12-22-23(13-17)34-28(29)35-27(22)33-16(2)20-5-4-6-21(25(20)30)26(31)32/h4-6,15-18,26H,7-14H2,1-3H3,(H,33,34,35)/t15-,16+,17?,18?/m0/s1. The van der Waals surface area contributed by atoms with Gasteiger partial charge in [0.1, 0.15) is 17.4 Å². The summed E-state index contributed by atoms with van der Waals surface area (Å²) in [5.74, 6) is 0.0722. The van der Waals surface area contributed by atoms with E-state index in [2.05, 4.69) is 34.2 Å². The molecule has 206 valence electrons. The van der Waals surface area contributed by atoms with Gasteiger partial charge in [-0.05, 0) is 76.9 Å². The largest absolute Gasteiger partial charge is 0.363 e. The number of aromatic nitrogens is 2. The molecule has 1 aromatic heterocycles. The summed E-state index contributed by atoms with van der Waals surface area (Å²) in [5, 5.41) is 3.24. The van der Waals surface area contributed by atoms with Gasteiger partial charge in [-0.3, -0.25) is 9.69 Å². The van der Waals surface area contributed by atoms with Crippen LogP contribution in [-0.4, -0.2) is 45.1 Å². The fourth-order valence-electron chi connectivity index (χ4n) is 5.60. The summed E-state index contributed by atoms with van der Waals surface area (Å²) >= 11 is 11.7. The van der Waals surface area contributed by atoms with Crippen molar-refractivity contribution in [1.82, 2.24) is 14.9 Å². The number of likely N-dealkylation sites (tertiary alicyclic amines) is 1. The summed E-state index contributed by atoms with van der Waals surface area (Å²) in [5.41, 5.74) is 1.20. The summed E-state index contributed by atoms with van der Waals surface area (Å²) in [6, 6.07) is 3.68. The van der Waals surface area contributed by atoms with Crippen LogP contribution in [0.4, 0.5) is 19.0 Å². The van der Waals surface area contributed by atoms with Crippen molar-refractivity contribution in [3.63, 3.8) is 0 Å². The predicted molar refractivity (Wildman–Crippen MR) is 148 cm³/mol. The van der Waals surface area contributed by atoms with Gasteiger partial charge in [0.05, 0.1) is 17.3 Å². The number of alkyl halides is 2. The molecule has 2 aliphatic rings. The van der Waals surface area contributed by atoms with Crippen LogP contribution in [0, 0.1) is 17.7 Å². The van der Waals surface area contributed by atoms with Gasteiger partial charge in [0.15, 0.2) is 0 Å². The van der Waals surface area contributed by atoms with Gasteiger partial charge >= 0.3 is 0 Å². The molecule has 1 N–H and O–H groups in total. The van der Waals surface area contributed by atoms with Crippen molar-refractivity contribution < 1.29 is 18.0 Å². The SMILES string of the molecule is C[C@@H](Nc1nc(Cl)nc2c1CC(CCC(=O)C1CCC(=S)CN(C)[C@@H](C)C1)C2)c1cccc(C(F)F)c1F. The lowest BCUT2D eigenvalue weighted by molar-refractivity contribution is -0.124. The summed E-state index contributed by atoms with van der Waals surface area (Å²) in [6.45, 7) is 4.65. The second-order valence-corrected chi connectivity index (χ2v) is 11.7. The zero-order chi connectivity index (χ0) is 27.6. The van der Waals surface area contributed by atoms with Gasteiger partial charge in [0.2, 0.25) is 5.28 Å². The maximum atomic E-state index is 14.7. The first-order valence-electron chi connectivity index (χ1n) is 13.2. The molecule has 10 heteroatoms. The van der Waals surface area contributed by atoms with Gasteiger partial charge < -0.3 is 5.32 Å². The van der Waals surface area contributed by atoms with Gasteiger partial charge in [-0.25, -0.2) is 23.1 Å². The predicted octanol–water partition coefficient (Wildman–Crippen LogP) is 6.93. The number of carbonyl (C=O) groups is 1. The van der Waals surface area contributed by atoms with E-state index in [1.165, 1.54) is 12.1 Å². The molecule has 1 aromatic carbocycles. The minimum absolute atomic E-state index is 0.0145. The number of ketones is 1. The number of halogens is 4. The normalized spacial score (nSPS) is 23.2. The fraction of sp³-hybridized carbons (Fsp3) is 0.571. The van der Waals surface area contributed by atoms with E-state index in [4.69, 9.17) is 23.8 Å². The van der Waals surface area contributed by atoms with Crippen LogP contribution in [-0.2, 0) is 17.6 Å². The number of benzene rings is 1. The summed E-state index contributed by atoms with van der Waals surface area (Å²) < 4.78 is 41.1. The fourth-order valence-corrected chi connectivity index (χ4v) is 6.10. The highest BCUT2D eigenvalue weighted by Gasteiger charge is 2.31. The number of rotatable bonds is 8. The molecule has 1 aliphatic heterocycles. The molecule has 0 amide bonds. The van der Waals surface area contributed by atoms with Crippen LogP contribution in [0.15, 0.2) is 18.2 Å².